The van der Waals surface area contributed by atoms with Gasteiger partial charge in [0.25, 0.3) is 5.91 Å². The van der Waals surface area contributed by atoms with Gasteiger partial charge in [0.15, 0.2) is 6.10 Å². The number of hydrogen-bond donors (Lipinski definition) is 0. The van der Waals surface area contributed by atoms with Crippen molar-refractivity contribution in [1.82, 2.24) is 4.90 Å². The SMILES string of the molecule is Cc1oc2cc(OC(C)C(=O)N(C(C)C)C(C)C)ccc2c(=O)c1-c1ccccc1. The molecule has 0 aliphatic carbocycles. The van der Waals surface area contributed by atoms with Crippen LogP contribution in [0, 0.1) is 6.92 Å². The Hall–Kier alpha value is -3.08. The molecule has 0 bridgehead atoms. The van der Waals surface area contributed by atoms with Crippen LogP contribution >= 0.6 is 0 Å². The van der Waals surface area contributed by atoms with Crippen molar-refractivity contribution >= 4 is 16.9 Å². The zero-order valence-electron chi connectivity index (χ0n) is 18.4. The summed E-state index contributed by atoms with van der Waals surface area (Å²) >= 11 is 0. The predicted octanol–water partition coefficient (Wildman–Crippen LogP) is 5.18. The normalized spacial score (nSPS) is 12.4. The minimum absolute atomic E-state index is 0.0721. The first-order valence-corrected chi connectivity index (χ1v) is 10.3. The van der Waals surface area contributed by atoms with E-state index in [1.54, 1.807) is 32.0 Å². The van der Waals surface area contributed by atoms with Gasteiger partial charge in [0.1, 0.15) is 17.1 Å². The number of carbonyl (C=O) groups is 1. The highest BCUT2D eigenvalue weighted by atomic mass is 16.5. The van der Waals surface area contributed by atoms with Crippen molar-refractivity contribution in [2.24, 2.45) is 0 Å². The second-order valence-electron chi connectivity index (χ2n) is 8.08. The monoisotopic (exact) mass is 407 g/mol. The highest BCUT2D eigenvalue weighted by Crippen LogP contribution is 2.27. The minimum atomic E-state index is -0.649. The van der Waals surface area contributed by atoms with Crippen LogP contribution in [0.2, 0.25) is 0 Å². The van der Waals surface area contributed by atoms with Gasteiger partial charge in [0.2, 0.25) is 5.43 Å². The van der Waals surface area contributed by atoms with E-state index in [9.17, 15) is 9.59 Å². The van der Waals surface area contributed by atoms with Gasteiger partial charge in [0.05, 0.1) is 10.9 Å². The summed E-state index contributed by atoms with van der Waals surface area (Å²) in [4.78, 5) is 27.7. The molecule has 1 aromatic heterocycles. The fraction of sp³-hybridized carbons (Fsp3) is 0.360. The standard InChI is InChI=1S/C25H29NO4/c1-15(2)26(16(3)4)25(28)18(6)29-20-12-13-21-22(14-20)30-17(5)23(24(21)27)19-10-8-7-9-11-19/h7-16,18H,1-6H3. The first kappa shape index (κ1) is 21.6. The van der Waals surface area contributed by atoms with Crippen molar-refractivity contribution in [2.45, 2.75) is 59.7 Å². The molecule has 0 N–H and O–H groups in total. The lowest BCUT2D eigenvalue weighted by molar-refractivity contribution is -0.141. The lowest BCUT2D eigenvalue weighted by Gasteiger charge is -2.33. The molecule has 30 heavy (non-hydrogen) atoms. The van der Waals surface area contributed by atoms with Gasteiger partial charge < -0.3 is 14.1 Å². The Bertz CT molecular complexity index is 1090. The van der Waals surface area contributed by atoms with E-state index in [1.807, 2.05) is 62.9 Å². The molecule has 1 heterocycles. The van der Waals surface area contributed by atoms with Crippen LogP contribution in [0.1, 0.15) is 40.4 Å². The summed E-state index contributed by atoms with van der Waals surface area (Å²) in [6.45, 7) is 11.5. The fourth-order valence-electron chi connectivity index (χ4n) is 3.87. The molecule has 3 aromatic rings. The zero-order valence-corrected chi connectivity index (χ0v) is 18.4. The van der Waals surface area contributed by atoms with E-state index in [0.717, 1.165) is 5.56 Å². The molecule has 1 unspecified atom stereocenters. The highest BCUT2D eigenvalue weighted by molar-refractivity contribution is 5.84. The molecule has 0 saturated carbocycles. The maximum atomic E-state index is 13.1. The van der Waals surface area contributed by atoms with Crippen LogP contribution in [0.15, 0.2) is 57.7 Å². The van der Waals surface area contributed by atoms with E-state index in [0.29, 0.717) is 28.0 Å². The Morgan fingerprint density at radius 1 is 0.967 bits per heavy atom. The summed E-state index contributed by atoms with van der Waals surface area (Å²) in [5.41, 5.74) is 1.75. The highest BCUT2D eigenvalue weighted by Gasteiger charge is 2.26. The number of aryl methyl sites for hydroxylation is 1. The molecule has 0 spiro atoms. The second kappa shape index (κ2) is 8.74. The summed E-state index contributed by atoms with van der Waals surface area (Å²) < 4.78 is 11.9. The third-order valence-electron chi connectivity index (χ3n) is 5.13. The van der Waals surface area contributed by atoms with E-state index in [2.05, 4.69) is 0 Å². The lowest BCUT2D eigenvalue weighted by Crippen LogP contribution is -2.48. The van der Waals surface area contributed by atoms with Crippen LogP contribution in [0.4, 0.5) is 0 Å². The van der Waals surface area contributed by atoms with Crippen molar-refractivity contribution in [3.05, 3.63) is 64.5 Å². The third kappa shape index (κ3) is 4.25. The zero-order chi connectivity index (χ0) is 22.0. The Labute approximate surface area is 177 Å². The van der Waals surface area contributed by atoms with Crippen molar-refractivity contribution in [3.8, 4) is 16.9 Å². The van der Waals surface area contributed by atoms with E-state index in [-0.39, 0.29) is 23.4 Å². The lowest BCUT2D eigenvalue weighted by atomic mass is 10.0. The number of nitrogens with zero attached hydrogens (tertiary/aromatic N) is 1. The van der Waals surface area contributed by atoms with E-state index in [4.69, 9.17) is 9.15 Å². The number of benzene rings is 2. The number of carbonyl (C=O) groups excluding carboxylic acids is 1. The molecular formula is C25H29NO4. The molecule has 3 rings (SSSR count). The predicted molar refractivity (Wildman–Crippen MR) is 120 cm³/mol. The number of fused-ring (bicyclic) bond motifs is 1. The topological polar surface area (TPSA) is 59.8 Å². The van der Waals surface area contributed by atoms with E-state index < -0.39 is 6.10 Å². The van der Waals surface area contributed by atoms with Crippen molar-refractivity contribution in [2.75, 3.05) is 0 Å². The number of rotatable bonds is 6. The van der Waals surface area contributed by atoms with Gasteiger partial charge in [-0.15, -0.1) is 0 Å². The van der Waals surface area contributed by atoms with Crippen LogP contribution in [0.3, 0.4) is 0 Å². The van der Waals surface area contributed by atoms with Crippen molar-refractivity contribution < 1.29 is 13.9 Å². The van der Waals surface area contributed by atoms with Crippen LogP contribution in [0.25, 0.3) is 22.1 Å². The smallest absolute Gasteiger partial charge is 0.263 e. The summed E-state index contributed by atoms with van der Waals surface area (Å²) in [5.74, 6) is 0.966. The quantitative estimate of drug-likeness (QED) is 0.565. The van der Waals surface area contributed by atoms with Gasteiger partial charge >= 0.3 is 0 Å². The van der Waals surface area contributed by atoms with Crippen LogP contribution in [-0.2, 0) is 4.79 Å². The van der Waals surface area contributed by atoms with Gasteiger partial charge in [-0.3, -0.25) is 9.59 Å². The summed E-state index contributed by atoms with van der Waals surface area (Å²) in [6.07, 6.45) is -0.649. The summed E-state index contributed by atoms with van der Waals surface area (Å²) in [6, 6.07) is 14.7. The van der Waals surface area contributed by atoms with Crippen molar-refractivity contribution in [3.63, 3.8) is 0 Å². The number of hydrogen-bond acceptors (Lipinski definition) is 4. The van der Waals surface area contributed by atoms with Crippen LogP contribution in [0.5, 0.6) is 5.75 Å². The Morgan fingerprint density at radius 2 is 1.60 bits per heavy atom. The molecule has 0 saturated heterocycles. The maximum Gasteiger partial charge on any atom is 0.263 e. The van der Waals surface area contributed by atoms with Gasteiger partial charge in [-0.1, -0.05) is 30.3 Å². The largest absolute Gasteiger partial charge is 0.481 e. The van der Waals surface area contributed by atoms with Crippen LogP contribution in [-0.4, -0.2) is 29.0 Å². The third-order valence-corrected chi connectivity index (χ3v) is 5.13. The number of ether oxygens (including phenoxy) is 1. The molecule has 0 aliphatic rings. The molecule has 0 radical (unpaired) electrons. The molecule has 158 valence electrons. The second-order valence-corrected chi connectivity index (χ2v) is 8.08. The molecule has 1 atom stereocenters. The molecule has 5 heteroatoms. The molecule has 1 amide bonds. The molecule has 0 aliphatic heterocycles. The van der Waals surface area contributed by atoms with Gasteiger partial charge in [-0.05, 0) is 59.2 Å². The van der Waals surface area contributed by atoms with Crippen LogP contribution < -0.4 is 10.2 Å². The van der Waals surface area contributed by atoms with E-state index in [1.165, 1.54) is 0 Å². The Balaban J connectivity index is 1.93. The average Bonchev–Trinajstić information content (AvgIpc) is 2.68. The number of amides is 1. The summed E-state index contributed by atoms with van der Waals surface area (Å²) in [5, 5.41) is 0.483. The fourth-order valence-corrected chi connectivity index (χ4v) is 3.87. The Kier molecular flexibility index (Phi) is 6.30. The molecule has 5 nitrogen and oxygen atoms in total. The minimum Gasteiger partial charge on any atom is -0.481 e. The van der Waals surface area contributed by atoms with Crippen molar-refractivity contribution in [1.29, 1.82) is 0 Å². The Morgan fingerprint density at radius 3 is 2.20 bits per heavy atom. The van der Waals surface area contributed by atoms with Gasteiger partial charge in [0, 0.05) is 18.2 Å². The molecule has 2 aromatic carbocycles. The molecular weight excluding hydrogens is 378 g/mol. The first-order valence-electron chi connectivity index (χ1n) is 10.3. The van der Waals surface area contributed by atoms with E-state index >= 15 is 0 Å². The van der Waals surface area contributed by atoms with Gasteiger partial charge in [-0.2, -0.15) is 0 Å². The first-order chi connectivity index (χ1) is 14.2. The van der Waals surface area contributed by atoms with Gasteiger partial charge in [-0.25, -0.2) is 0 Å². The maximum absolute atomic E-state index is 13.1. The average molecular weight is 408 g/mol. The molecule has 0 fully saturated rings. The summed E-state index contributed by atoms with van der Waals surface area (Å²) in [7, 11) is 0.